The van der Waals surface area contributed by atoms with Crippen LogP contribution in [-0.4, -0.2) is 18.1 Å². The quantitative estimate of drug-likeness (QED) is 0.475. The van der Waals surface area contributed by atoms with E-state index in [9.17, 15) is 4.79 Å². The van der Waals surface area contributed by atoms with Gasteiger partial charge in [0.15, 0.2) is 0 Å². The maximum absolute atomic E-state index is 11.2. The molecule has 4 nitrogen and oxygen atoms in total. The minimum absolute atomic E-state index is 0.132. The number of halogens is 2. The zero-order valence-corrected chi connectivity index (χ0v) is 10.8. The molecule has 1 aromatic heterocycles. The number of nitrogens with zero attached hydrogens (tertiary/aromatic N) is 2. The Morgan fingerprint density at radius 3 is 2.81 bits per heavy atom. The summed E-state index contributed by atoms with van der Waals surface area (Å²) >= 11 is 12.1. The number of hydrogen-bond donors (Lipinski definition) is 0. The van der Waals surface area contributed by atoms with Crippen LogP contribution in [0.25, 0.3) is 0 Å². The number of aromatic nitrogens is 2. The number of methoxy groups -OCH3 is 1. The Hall–Kier alpha value is -0.870. The van der Waals surface area contributed by atoms with Gasteiger partial charge in [0.25, 0.3) is 6.33 Å². The molecular formula is C10H13Cl2N2O2+. The molecular weight excluding hydrogens is 251 g/mol. The molecule has 0 bridgehead atoms. The Labute approximate surface area is 104 Å². The first kappa shape index (κ1) is 13.2. The van der Waals surface area contributed by atoms with Crippen LogP contribution >= 0.6 is 23.2 Å². The van der Waals surface area contributed by atoms with Gasteiger partial charge < -0.3 is 4.74 Å². The normalized spacial score (nSPS) is 12.3. The Kier molecular flexibility index (Phi) is 4.50. The predicted molar refractivity (Wildman–Crippen MR) is 60.5 cm³/mol. The van der Waals surface area contributed by atoms with Crippen LogP contribution < -0.4 is 4.57 Å². The lowest BCUT2D eigenvalue weighted by atomic mass is 10.0. The summed E-state index contributed by atoms with van der Waals surface area (Å²) in [5.41, 5.74) is 0.665. The summed E-state index contributed by atoms with van der Waals surface area (Å²) in [5.74, 6) is -0.432. The molecule has 0 aliphatic heterocycles. The van der Waals surface area contributed by atoms with Gasteiger partial charge in [0, 0.05) is 5.92 Å². The monoisotopic (exact) mass is 263 g/mol. The minimum Gasteiger partial charge on any atom is -0.469 e. The first-order valence-electron chi connectivity index (χ1n) is 4.73. The van der Waals surface area contributed by atoms with Crippen LogP contribution in [0.2, 0.25) is 10.3 Å². The standard InChI is InChI=1S/C10H13Cl2N2O2/c1-6(4-7(15)16-3)8-9(11)13-5-14(2)10(8)12/h5-6H,4H2,1-3H3/q+1. The fraction of sp³-hybridized carbons (Fsp3) is 0.500. The Bertz CT molecular complexity index is 410. The molecule has 0 saturated carbocycles. The van der Waals surface area contributed by atoms with Crippen LogP contribution in [0.15, 0.2) is 6.33 Å². The zero-order valence-electron chi connectivity index (χ0n) is 9.33. The van der Waals surface area contributed by atoms with E-state index in [1.165, 1.54) is 13.4 Å². The third-order valence-corrected chi connectivity index (χ3v) is 3.06. The summed E-state index contributed by atoms with van der Waals surface area (Å²) in [7, 11) is 3.11. The van der Waals surface area contributed by atoms with Gasteiger partial charge in [0.1, 0.15) is 0 Å². The number of hydrogen-bond acceptors (Lipinski definition) is 3. The van der Waals surface area contributed by atoms with Crippen molar-refractivity contribution in [1.29, 1.82) is 0 Å². The van der Waals surface area contributed by atoms with Gasteiger partial charge in [-0.25, -0.2) is 4.57 Å². The Morgan fingerprint density at radius 1 is 1.62 bits per heavy atom. The molecule has 0 aromatic carbocycles. The Morgan fingerprint density at radius 2 is 2.25 bits per heavy atom. The average Bonchev–Trinajstić information content (AvgIpc) is 2.24. The number of rotatable bonds is 3. The van der Waals surface area contributed by atoms with Crippen LogP contribution in [-0.2, 0) is 16.6 Å². The second-order valence-corrected chi connectivity index (χ2v) is 4.25. The maximum atomic E-state index is 11.2. The highest BCUT2D eigenvalue weighted by atomic mass is 35.5. The molecule has 1 unspecified atom stereocenters. The van der Waals surface area contributed by atoms with Gasteiger partial charge in [0.2, 0.25) is 10.3 Å². The number of aryl methyl sites for hydroxylation is 1. The number of ether oxygens (including phenoxy) is 1. The lowest BCUT2D eigenvalue weighted by molar-refractivity contribution is -0.672. The minimum atomic E-state index is -0.300. The molecule has 0 aliphatic carbocycles. The second kappa shape index (κ2) is 5.46. The van der Waals surface area contributed by atoms with Gasteiger partial charge in [-0.05, 0) is 28.2 Å². The van der Waals surface area contributed by atoms with Crippen molar-refractivity contribution in [3.05, 3.63) is 22.2 Å². The molecule has 0 N–H and O–H groups in total. The number of esters is 1. The predicted octanol–water partition coefficient (Wildman–Crippen LogP) is 1.88. The number of carbonyl (C=O) groups excluding carboxylic acids is 1. The maximum Gasteiger partial charge on any atom is 0.306 e. The first-order valence-corrected chi connectivity index (χ1v) is 5.49. The first-order chi connectivity index (χ1) is 7.47. The molecule has 0 amide bonds. The summed E-state index contributed by atoms with van der Waals surface area (Å²) in [4.78, 5) is 15.2. The molecule has 0 aliphatic rings. The van der Waals surface area contributed by atoms with Crippen molar-refractivity contribution in [2.24, 2.45) is 7.05 Å². The van der Waals surface area contributed by atoms with Crippen molar-refractivity contribution in [3.8, 4) is 0 Å². The van der Waals surface area contributed by atoms with E-state index in [0.717, 1.165) is 0 Å². The van der Waals surface area contributed by atoms with E-state index >= 15 is 0 Å². The van der Waals surface area contributed by atoms with Gasteiger partial charge in [-0.1, -0.05) is 6.92 Å². The molecule has 6 heteroatoms. The van der Waals surface area contributed by atoms with Crippen LogP contribution in [0, 0.1) is 0 Å². The van der Waals surface area contributed by atoms with Gasteiger partial charge >= 0.3 is 5.97 Å². The van der Waals surface area contributed by atoms with Crippen molar-refractivity contribution in [1.82, 2.24) is 4.98 Å². The van der Waals surface area contributed by atoms with E-state index in [0.29, 0.717) is 15.9 Å². The summed E-state index contributed by atoms with van der Waals surface area (Å²) in [6.07, 6.45) is 1.75. The van der Waals surface area contributed by atoms with Gasteiger partial charge in [-0.15, -0.1) is 0 Å². The second-order valence-electron chi connectivity index (χ2n) is 3.53. The zero-order chi connectivity index (χ0) is 12.3. The molecule has 1 rings (SSSR count). The van der Waals surface area contributed by atoms with Crippen molar-refractivity contribution in [2.75, 3.05) is 7.11 Å². The highest BCUT2D eigenvalue weighted by molar-refractivity contribution is 6.34. The van der Waals surface area contributed by atoms with E-state index in [1.54, 1.807) is 11.6 Å². The SMILES string of the molecule is COC(=O)CC(C)c1c(Cl)nc[n+](C)c1Cl. The van der Waals surface area contributed by atoms with Gasteiger partial charge in [-0.3, -0.25) is 4.79 Å². The lowest BCUT2D eigenvalue weighted by Crippen LogP contribution is -2.31. The van der Waals surface area contributed by atoms with Crippen molar-refractivity contribution >= 4 is 29.2 Å². The van der Waals surface area contributed by atoms with E-state index in [-0.39, 0.29) is 18.3 Å². The molecule has 0 spiro atoms. The van der Waals surface area contributed by atoms with Crippen LogP contribution in [0.4, 0.5) is 0 Å². The number of carbonyl (C=O) groups is 1. The summed E-state index contributed by atoms with van der Waals surface area (Å²) in [5, 5.41) is 0.802. The average molecular weight is 264 g/mol. The summed E-state index contributed by atoms with van der Waals surface area (Å²) in [6.45, 7) is 1.85. The van der Waals surface area contributed by atoms with Crippen molar-refractivity contribution in [2.45, 2.75) is 19.3 Å². The molecule has 1 atom stereocenters. The van der Waals surface area contributed by atoms with Crippen molar-refractivity contribution in [3.63, 3.8) is 0 Å². The molecule has 16 heavy (non-hydrogen) atoms. The molecule has 88 valence electrons. The van der Waals surface area contributed by atoms with Crippen LogP contribution in [0.1, 0.15) is 24.8 Å². The molecule has 1 aromatic rings. The topological polar surface area (TPSA) is 43.1 Å². The van der Waals surface area contributed by atoms with Gasteiger partial charge in [-0.2, -0.15) is 0 Å². The molecule has 0 radical (unpaired) electrons. The van der Waals surface area contributed by atoms with E-state index in [1.807, 2.05) is 6.92 Å². The van der Waals surface area contributed by atoms with Crippen LogP contribution in [0.5, 0.6) is 0 Å². The van der Waals surface area contributed by atoms with Crippen LogP contribution in [0.3, 0.4) is 0 Å². The van der Waals surface area contributed by atoms with E-state index in [2.05, 4.69) is 9.72 Å². The fourth-order valence-electron chi connectivity index (χ4n) is 1.37. The third kappa shape index (κ3) is 2.83. The summed E-state index contributed by atoms with van der Waals surface area (Å²) < 4.78 is 6.25. The highest BCUT2D eigenvalue weighted by Gasteiger charge is 2.24. The third-order valence-electron chi connectivity index (χ3n) is 2.29. The fourth-order valence-corrected chi connectivity index (χ4v) is 2.06. The van der Waals surface area contributed by atoms with Crippen molar-refractivity contribution < 1.29 is 14.1 Å². The lowest BCUT2D eigenvalue weighted by Gasteiger charge is -2.10. The van der Waals surface area contributed by atoms with E-state index in [4.69, 9.17) is 23.2 Å². The smallest absolute Gasteiger partial charge is 0.306 e. The molecule has 0 saturated heterocycles. The largest absolute Gasteiger partial charge is 0.469 e. The molecule has 1 heterocycles. The highest BCUT2D eigenvalue weighted by Crippen LogP contribution is 2.29. The molecule has 0 fully saturated rings. The Balaban J connectivity index is 3.03. The summed E-state index contributed by atoms with van der Waals surface area (Å²) in [6, 6.07) is 0. The van der Waals surface area contributed by atoms with E-state index < -0.39 is 0 Å². The van der Waals surface area contributed by atoms with Gasteiger partial charge in [0.05, 0.1) is 26.1 Å².